The van der Waals surface area contributed by atoms with Crippen LogP contribution in [0.2, 0.25) is 0 Å². The van der Waals surface area contributed by atoms with Crippen molar-refractivity contribution < 1.29 is 9.18 Å². The number of rotatable bonds is 2. The highest BCUT2D eigenvalue weighted by Crippen LogP contribution is 2.20. The average molecular weight is 244 g/mol. The lowest BCUT2D eigenvalue weighted by Gasteiger charge is -1.97. The van der Waals surface area contributed by atoms with Crippen molar-refractivity contribution in [3.05, 3.63) is 41.5 Å². The SMILES string of the molecule is Cc1nc2nc(-c3ccccc3F)[nH]n2c1C=O. The summed E-state index contributed by atoms with van der Waals surface area (Å²) in [6, 6.07) is 6.29. The third kappa shape index (κ3) is 1.42. The largest absolute Gasteiger partial charge is 0.296 e. The zero-order chi connectivity index (χ0) is 12.7. The minimum absolute atomic E-state index is 0.345. The van der Waals surface area contributed by atoms with Gasteiger partial charge in [-0.3, -0.25) is 9.89 Å². The first-order valence-electron chi connectivity index (χ1n) is 5.36. The molecule has 0 saturated heterocycles. The normalized spacial score (nSPS) is 11.0. The van der Waals surface area contributed by atoms with Crippen molar-refractivity contribution in [2.24, 2.45) is 0 Å². The van der Waals surface area contributed by atoms with Crippen LogP contribution in [0.25, 0.3) is 17.2 Å². The minimum atomic E-state index is -0.376. The molecule has 3 rings (SSSR count). The number of nitrogens with one attached hydrogen (secondary N) is 1. The highest BCUT2D eigenvalue weighted by molar-refractivity contribution is 5.76. The Morgan fingerprint density at radius 1 is 1.33 bits per heavy atom. The molecule has 6 heteroatoms. The number of imidazole rings is 1. The van der Waals surface area contributed by atoms with Gasteiger partial charge in [-0.2, -0.15) is 4.98 Å². The molecule has 0 unspecified atom stereocenters. The number of hydrogen-bond donors (Lipinski definition) is 1. The first-order chi connectivity index (χ1) is 8.70. The van der Waals surface area contributed by atoms with E-state index in [9.17, 15) is 9.18 Å². The number of aromatic nitrogens is 4. The zero-order valence-electron chi connectivity index (χ0n) is 9.51. The molecule has 1 aromatic carbocycles. The maximum absolute atomic E-state index is 13.6. The van der Waals surface area contributed by atoms with Gasteiger partial charge in [0, 0.05) is 0 Å². The Hall–Kier alpha value is -2.50. The smallest absolute Gasteiger partial charge is 0.251 e. The third-order valence-electron chi connectivity index (χ3n) is 2.75. The molecule has 3 aromatic rings. The van der Waals surface area contributed by atoms with Gasteiger partial charge in [0.05, 0.1) is 11.3 Å². The van der Waals surface area contributed by atoms with Gasteiger partial charge in [0.1, 0.15) is 11.5 Å². The lowest BCUT2D eigenvalue weighted by Crippen LogP contribution is -1.94. The van der Waals surface area contributed by atoms with E-state index in [-0.39, 0.29) is 5.82 Å². The summed E-state index contributed by atoms with van der Waals surface area (Å²) >= 11 is 0. The Labute approximate surface area is 101 Å². The maximum atomic E-state index is 13.6. The number of hydrogen-bond acceptors (Lipinski definition) is 3. The molecule has 0 saturated carbocycles. The molecule has 2 heterocycles. The number of halogens is 1. The van der Waals surface area contributed by atoms with Crippen molar-refractivity contribution in [3.63, 3.8) is 0 Å². The van der Waals surface area contributed by atoms with Crippen molar-refractivity contribution in [2.45, 2.75) is 6.92 Å². The molecule has 0 radical (unpaired) electrons. The van der Waals surface area contributed by atoms with E-state index in [0.29, 0.717) is 34.8 Å². The van der Waals surface area contributed by atoms with Crippen LogP contribution in [0.5, 0.6) is 0 Å². The van der Waals surface area contributed by atoms with Gasteiger partial charge in [0.25, 0.3) is 5.78 Å². The Morgan fingerprint density at radius 2 is 2.11 bits per heavy atom. The van der Waals surface area contributed by atoms with Gasteiger partial charge in [-0.15, -0.1) is 0 Å². The molecule has 0 fully saturated rings. The monoisotopic (exact) mass is 244 g/mol. The summed E-state index contributed by atoms with van der Waals surface area (Å²) < 4.78 is 15.1. The van der Waals surface area contributed by atoms with E-state index in [0.717, 1.165) is 0 Å². The van der Waals surface area contributed by atoms with Gasteiger partial charge in [0.2, 0.25) is 0 Å². The first-order valence-corrected chi connectivity index (χ1v) is 5.36. The second-order valence-corrected chi connectivity index (χ2v) is 3.89. The van der Waals surface area contributed by atoms with E-state index in [1.54, 1.807) is 25.1 Å². The molecule has 1 N–H and O–H groups in total. The van der Waals surface area contributed by atoms with Crippen molar-refractivity contribution in [1.82, 2.24) is 19.6 Å². The number of nitrogens with zero attached hydrogens (tertiary/aromatic N) is 3. The molecule has 0 aliphatic heterocycles. The fourth-order valence-corrected chi connectivity index (χ4v) is 1.85. The number of aromatic amines is 1. The lowest BCUT2D eigenvalue weighted by atomic mass is 10.2. The molecular weight excluding hydrogens is 235 g/mol. The molecule has 0 atom stereocenters. The minimum Gasteiger partial charge on any atom is -0.296 e. The highest BCUT2D eigenvalue weighted by atomic mass is 19.1. The van der Waals surface area contributed by atoms with Crippen LogP contribution in [0.1, 0.15) is 16.2 Å². The summed E-state index contributed by atoms with van der Waals surface area (Å²) in [5.41, 5.74) is 1.32. The Kier molecular flexibility index (Phi) is 2.22. The zero-order valence-corrected chi connectivity index (χ0v) is 9.51. The van der Waals surface area contributed by atoms with E-state index in [1.165, 1.54) is 10.6 Å². The molecule has 0 aliphatic rings. The maximum Gasteiger partial charge on any atom is 0.251 e. The quantitative estimate of drug-likeness (QED) is 0.701. The van der Waals surface area contributed by atoms with Crippen molar-refractivity contribution in [2.75, 3.05) is 0 Å². The molecule has 0 spiro atoms. The van der Waals surface area contributed by atoms with Crippen LogP contribution in [-0.2, 0) is 0 Å². The Balaban J connectivity index is 2.24. The summed E-state index contributed by atoms with van der Waals surface area (Å²) in [7, 11) is 0. The molecule has 0 bridgehead atoms. The number of H-pyrrole nitrogens is 1. The number of carbonyl (C=O) groups is 1. The predicted molar refractivity (Wildman–Crippen MR) is 62.9 cm³/mol. The first kappa shape index (κ1) is 10.6. The molecule has 2 aromatic heterocycles. The molecule has 5 nitrogen and oxygen atoms in total. The summed E-state index contributed by atoms with van der Waals surface area (Å²) in [6.45, 7) is 1.72. The summed E-state index contributed by atoms with van der Waals surface area (Å²) in [6.07, 6.45) is 0.693. The Morgan fingerprint density at radius 3 is 2.83 bits per heavy atom. The second-order valence-electron chi connectivity index (χ2n) is 3.89. The fourth-order valence-electron chi connectivity index (χ4n) is 1.85. The van der Waals surface area contributed by atoms with E-state index < -0.39 is 0 Å². The summed E-state index contributed by atoms with van der Waals surface area (Å²) in [5, 5.41) is 2.86. The van der Waals surface area contributed by atoms with Crippen LogP contribution >= 0.6 is 0 Å². The van der Waals surface area contributed by atoms with Crippen LogP contribution in [-0.4, -0.2) is 25.9 Å². The summed E-state index contributed by atoms with van der Waals surface area (Å²) in [5.74, 6) is 0.324. The van der Waals surface area contributed by atoms with Gasteiger partial charge in [0.15, 0.2) is 12.1 Å². The summed E-state index contributed by atoms with van der Waals surface area (Å²) in [4.78, 5) is 19.2. The molecule has 18 heavy (non-hydrogen) atoms. The van der Waals surface area contributed by atoms with Crippen LogP contribution < -0.4 is 0 Å². The fraction of sp³-hybridized carbons (Fsp3) is 0.0833. The van der Waals surface area contributed by atoms with Gasteiger partial charge >= 0.3 is 0 Å². The van der Waals surface area contributed by atoms with Gasteiger partial charge in [-0.1, -0.05) is 12.1 Å². The Bertz CT molecular complexity index is 744. The lowest BCUT2D eigenvalue weighted by molar-refractivity contribution is 0.111. The number of benzene rings is 1. The van der Waals surface area contributed by atoms with Gasteiger partial charge < -0.3 is 0 Å². The molecule has 0 amide bonds. The van der Waals surface area contributed by atoms with Gasteiger partial charge in [-0.05, 0) is 19.1 Å². The van der Waals surface area contributed by atoms with E-state index in [2.05, 4.69) is 15.1 Å². The second kappa shape index (κ2) is 3.76. The number of fused-ring (bicyclic) bond motifs is 1. The van der Waals surface area contributed by atoms with Crippen LogP contribution in [0.3, 0.4) is 0 Å². The predicted octanol–water partition coefficient (Wildman–Crippen LogP) is 1.98. The van der Waals surface area contributed by atoms with Crippen molar-refractivity contribution in [1.29, 1.82) is 0 Å². The van der Waals surface area contributed by atoms with Crippen LogP contribution in [0.4, 0.5) is 4.39 Å². The molecular formula is C12H9FN4O. The van der Waals surface area contributed by atoms with Gasteiger partial charge in [-0.25, -0.2) is 13.9 Å². The number of carbonyl (C=O) groups excluding carboxylic acids is 1. The van der Waals surface area contributed by atoms with Crippen molar-refractivity contribution in [3.8, 4) is 11.4 Å². The number of aldehydes is 1. The van der Waals surface area contributed by atoms with E-state index in [1.807, 2.05) is 0 Å². The molecule has 90 valence electrons. The van der Waals surface area contributed by atoms with E-state index in [4.69, 9.17) is 0 Å². The topological polar surface area (TPSA) is 63.1 Å². The van der Waals surface area contributed by atoms with Crippen LogP contribution in [0.15, 0.2) is 24.3 Å². The van der Waals surface area contributed by atoms with E-state index >= 15 is 0 Å². The standard InChI is InChI=1S/C12H9FN4O/c1-7-10(6-18)17-12(14-7)15-11(16-17)8-4-2-3-5-9(8)13/h2-6H,1H3,(H,14,15,16). The average Bonchev–Trinajstić information content (AvgIpc) is 2.86. The van der Waals surface area contributed by atoms with Crippen molar-refractivity contribution >= 4 is 12.1 Å². The molecule has 0 aliphatic carbocycles. The van der Waals surface area contributed by atoms with Crippen LogP contribution in [0, 0.1) is 12.7 Å². The number of aryl methyl sites for hydroxylation is 1. The highest BCUT2D eigenvalue weighted by Gasteiger charge is 2.14. The third-order valence-corrected chi connectivity index (χ3v) is 2.75.